The van der Waals surface area contributed by atoms with Crippen molar-refractivity contribution in [2.75, 3.05) is 11.5 Å². The van der Waals surface area contributed by atoms with E-state index in [4.69, 9.17) is 22.1 Å². The van der Waals surface area contributed by atoms with Crippen molar-refractivity contribution in [2.45, 2.75) is 6.92 Å². The molecule has 3 N–H and O–H groups in total. The standard InChI is InChI=1S/C20H15BrClN3O5/c1-10-14(22)3-2-4-15(10)25-19(28)12(18(27)24-20(25)29)7-11-5-6-16(13(21)8-11)30-9-17(23)26/h2-8H,9H2,1H3,(H2,23,26)(H,24,27,29)/b12-7+. The van der Waals surface area contributed by atoms with Crippen LogP contribution in [-0.2, 0) is 14.4 Å². The Balaban J connectivity index is 1.96. The number of hydrogen-bond donors (Lipinski definition) is 2. The number of ether oxygens (including phenoxy) is 1. The first-order valence-electron chi connectivity index (χ1n) is 8.56. The highest BCUT2D eigenvalue weighted by Gasteiger charge is 2.37. The van der Waals surface area contributed by atoms with Crippen molar-refractivity contribution in [3.05, 3.63) is 62.6 Å². The molecule has 0 saturated carbocycles. The largest absolute Gasteiger partial charge is 0.483 e. The van der Waals surface area contributed by atoms with E-state index in [1.807, 2.05) is 0 Å². The zero-order valence-corrected chi connectivity index (χ0v) is 17.9. The Hall–Kier alpha value is -3.17. The van der Waals surface area contributed by atoms with Gasteiger partial charge in [0, 0.05) is 5.02 Å². The molecule has 5 amide bonds. The minimum absolute atomic E-state index is 0.230. The van der Waals surface area contributed by atoms with E-state index in [1.165, 1.54) is 6.08 Å². The maximum Gasteiger partial charge on any atom is 0.335 e. The van der Waals surface area contributed by atoms with Crippen molar-refractivity contribution in [2.24, 2.45) is 5.73 Å². The molecule has 1 saturated heterocycles. The maximum atomic E-state index is 13.0. The Bertz CT molecular complexity index is 1120. The van der Waals surface area contributed by atoms with Gasteiger partial charge in [0.05, 0.1) is 10.2 Å². The van der Waals surface area contributed by atoms with Crippen LogP contribution >= 0.6 is 27.5 Å². The summed E-state index contributed by atoms with van der Waals surface area (Å²) in [6, 6.07) is 8.67. The third kappa shape index (κ3) is 4.37. The highest BCUT2D eigenvalue weighted by molar-refractivity contribution is 9.10. The van der Waals surface area contributed by atoms with Gasteiger partial charge in [-0.25, -0.2) is 9.69 Å². The number of carbonyl (C=O) groups is 4. The molecule has 0 unspecified atom stereocenters. The molecule has 1 aliphatic rings. The van der Waals surface area contributed by atoms with Gasteiger partial charge < -0.3 is 10.5 Å². The molecule has 0 bridgehead atoms. The SMILES string of the molecule is Cc1c(Cl)cccc1N1C(=O)NC(=O)/C(=C\c2ccc(OCC(N)=O)c(Br)c2)C1=O. The first-order chi connectivity index (χ1) is 14.2. The van der Waals surface area contributed by atoms with Crippen LogP contribution in [0.5, 0.6) is 5.75 Å². The third-order valence-corrected chi connectivity index (χ3v) is 5.25. The summed E-state index contributed by atoms with van der Waals surface area (Å²) in [5.74, 6) is -1.86. The molecule has 154 valence electrons. The van der Waals surface area contributed by atoms with E-state index < -0.39 is 23.8 Å². The molecule has 30 heavy (non-hydrogen) atoms. The van der Waals surface area contributed by atoms with Crippen LogP contribution < -0.4 is 20.7 Å². The topological polar surface area (TPSA) is 119 Å². The van der Waals surface area contributed by atoms with Crippen LogP contribution in [-0.4, -0.2) is 30.4 Å². The van der Waals surface area contributed by atoms with Crippen LogP contribution in [0.3, 0.4) is 0 Å². The Morgan fingerprint density at radius 1 is 1.27 bits per heavy atom. The number of nitrogens with two attached hydrogens (primary N) is 1. The Morgan fingerprint density at radius 2 is 2.00 bits per heavy atom. The van der Waals surface area contributed by atoms with Crippen LogP contribution in [0.4, 0.5) is 10.5 Å². The summed E-state index contributed by atoms with van der Waals surface area (Å²) in [6.07, 6.45) is 1.35. The second-order valence-corrected chi connectivity index (χ2v) is 7.55. The number of anilines is 1. The van der Waals surface area contributed by atoms with Gasteiger partial charge in [-0.2, -0.15) is 0 Å². The molecule has 0 spiro atoms. The van der Waals surface area contributed by atoms with E-state index in [0.717, 1.165) is 4.90 Å². The molecular formula is C20H15BrClN3O5. The fraction of sp³-hybridized carbons (Fsp3) is 0.100. The number of urea groups is 1. The van der Waals surface area contributed by atoms with Crippen LogP contribution in [0.1, 0.15) is 11.1 Å². The van der Waals surface area contributed by atoms with Gasteiger partial charge in [-0.15, -0.1) is 0 Å². The minimum Gasteiger partial charge on any atom is -0.483 e. The smallest absolute Gasteiger partial charge is 0.335 e. The van der Waals surface area contributed by atoms with Crippen molar-refractivity contribution in [3.63, 3.8) is 0 Å². The lowest BCUT2D eigenvalue weighted by molar-refractivity contribution is -0.123. The molecule has 0 aromatic heterocycles. The molecule has 1 aliphatic heterocycles. The van der Waals surface area contributed by atoms with E-state index >= 15 is 0 Å². The number of nitrogens with zero attached hydrogens (tertiary/aromatic N) is 1. The van der Waals surface area contributed by atoms with E-state index in [1.54, 1.807) is 43.3 Å². The molecule has 2 aromatic carbocycles. The van der Waals surface area contributed by atoms with Crippen LogP contribution in [0.25, 0.3) is 6.08 Å². The monoisotopic (exact) mass is 491 g/mol. The highest BCUT2D eigenvalue weighted by atomic mass is 79.9. The van der Waals surface area contributed by atoms with Crippen LogP contribution in [0, 0.1) is 6.92 Å². The van der Waals surface area contributed by atoms with Gasteiger partial charge in [0.15, 0.2) is 6.61 Å². The third-order valence-electron chi connectivity index (χ3n) is 4.22. The molecular weight excluding hydrogens is 478 g/mol. The van der Waals surface area contributed by atoms with Crippen LogP contribution in [0.2, 0.25) is 5.02 Å². The summed E-state index contributed by atoms with van der Waals surface area (Å²) in [4.78, 5) is 49.4. The highest BCUT2D eigenvalue weighted by Crippen LogP contribution is 2.31. The predicted octanol–water partition coefficient (Wildman–Crippen LogP) is 2.94. The van der Waals surface area contributed by atoms with Crippen molar-refractivity contribution in [1.29, 1.82) is 0 Å². The fourth-order valence-corrected chi connectivity index (χ4v) is 3.43. The van der Waals surface area contributed by atoms with Crippen molar-refractivity contribution in [3.8, 4) is 5.75 Å². The predicted molar refractivity (Wildman–Crippen MR) is 114 cm³/mol. The number of benzene rings is 2. The van der Waals surface area contributed by atoms with Gasteiger partial charge in [0.2, 0.25) is 0 Å². The summed E-state index contributed by atoms with van der Waals surface area (Å²) in [6.45, 7) is 1.37. The number of barbiturate groups is 1. The number of nitrogens with one attached hydrogen (secondary N) is 1. The van der Waals surface area contributed by atoms with E-state index in [9.17, 15) is 19.2 Å². The van der Waals surface area contributed by atoms with Gasteiger partial charge in [0.25, 0.3) is 17.7 Å². The lowest BCUT2D eigenvalue weighted by Crippen LogP contribution is -2.54. The number of carbonyl (C=O) groups excluding carboxylic acids is 4. The molecule has 10 heteroatoms. The number of primary amides is 1. The van der Waals surface area contributed by atoms with E-state index in [2.05, 4.69) is 21.2 Å². The maximum absolute atomic E-state index is 13.0. The summed E-state index contributed by atoms with van der Waals surface area (Å²) >= 11 is 9.40. The molecule has 0 radical (unpaired) electrons. The molecule has 2 aromatic rings. The van der Waals surface area contributed by atoms with Crippen molar-refractivity contribution < 1.29 is 23.9 Å². The number of rotatable bonds is 5. The van der Waals surface area contributed by atoms with Gasteiger partial charge in [-0.05, 0) is 64.3 Å². The normalized spacial score (nSPS) is 15.4. The van der Waals surface area contributed by atoms with Crippen molar-refractivity contribution in [1.82, 2.24) is 5.32 Å². The quantitative estimate of drug-likeness (QED) is 0.491. The average Bonchev–Trinajstić information content (AvgIpc) is 2.67. The first kappa shape index (κ1) is 21.5. The number of halogens is 2. The number of imide groups is 2. The Labute approximate surface area is 184 Å². The second-order valence-electron chi connectivity index (χ2n) is 6.29. The zero-order chi connectivity index (χ0) is 22.0. The van der Waals surface area contributed by atoms with Gasteiger partial charge in [-0.3, -0.25) is 19.7 Å². The lowest BCUT2D eigenvalue weighted by atomic mass is 10.1. The molecule has 1 fully saturated rings. The lowest BCUT2D eigenvalue weighted by Gasteiger charge is -2.27. The van der Waals surface area contributed by atoms with E-state index in [0.29, 0.717) is 26.4 Å². The zero-order valence-electron chi connectivity index (χ0n) is 15.6. The molecule has 0 aliphatic carbocycles. The van der Waals surface area contributed by atoms with Crippen molar-refractivity contribution >= 4 is 63.0 Å². The van der Waals surface area contributed by atoms with Gasteiger partial charge >= 0.3 is 6.03 Å². The summed E-state index contributed by atoms with van der Waals surface area (Å²) < 4.78 is 5.73. The first-order valence-corrected chi connectivity index (χ1v) is 9.73. The summed E-state index contributed by atoms with van der Waals surface area (Å²) in [5.41, 5.74) is 6.12. The van der Waals surface area contributed by atoms with Gasteiger partial charge in [0.1, 0.15) is 11.3 Å². The molecule has 3 rings (SSSR count). The van der Waals surface area contributed by atoms with Crippen LogP contribution in [0.15, 0.2) is 46.4 Å². The minimum atomic E-state index is -0.858. The Kier molecular flexibility index (Phi) is 6.23. The van der Waals surface area contributed by atoms with Gasteiger partial charge in [-0.1, -0.05) is 23.7 Å². The fourth-order valence-electron chi connectivity index (χ4n) is 2.75. The number of hydrogen-bond acceptors (Lipinski definition) is 5. The number of amides is 5. The molecule has 8 nitrogen and oxygen atoms in total. The van der Waals surface area contributed by atoms with E-state index in [-0.39, 0.29) is 17.9 Å². The average molecular weight is 493 g/mol. The summed E-state index contributed by atoms with van der Waals surface area (Å²) in [7, 11) is 0. The molecule has 1 heterocycles. The Morgan fingerprint density at radius 3 is 2.67 bits per heavy atom. The summed E-state index contributed by atoms with van der Waals surface area (Å²) in [5, 5.41) is 2.54. The second kappa shape index (κ2) is 8.68. The molecule has 0 atom stereocenters.